The third kappa shape index (κ3) is 2.42. The van der Waals surface area contributed by atoms with Gasteiger partial charge in [0.1, 0.15) is 5.75 Å². The average Bonchev–Trinajstić information content (AvgIpc) is 2.81. The zero-order valence-corrected chi connectivity index (χ0v) is 10.8. The van der Waals surface area contributed by atoms with Gasteiger partial charge in [0.25, 0.3) is 0 Å². The van der Waals surface area contributed by atoms with Gasteiger partial charge in [0, 0.05) is 5.41 Å². The molecule has 0 aliphatic carbocycles. The molecule has 100 valence electrons. The van der Waals surface area contributed by atoms with Crippen LogP contribution in [0.2, 0.25) is 0 Å². The minimum Gasteiger partial charge on any atom is -0.493 e. The van der Waals surface area contributed by atoms with E-state index in [0.29, 0.717) is 12.5 Å². The summed E-state index contributed by atoms with van der Waals surface area (Å²) < 4.78 is 15.9. The lowest BCUT2D eigenvalue weighted by Crippen LogP contribution is -2.44. The largest absolute Gasteiger partial charge is 0.493 e. The molecule has 1 aliphatic heterocycles. The second-order valence-electron chi connectivity index (χ2n) is 5.22. The highest BCUT2D eigenvalue weighted by atomic mass is 16.5. The topological polar surface area (TPSA) is 70.5 Å². The van der Waals surface area contributed by atoms with Crippen molar-refractivity contribution in [2.45, 2.75) is 6.92 Å². The fourth-order valence-corrected chi connectivity index (χ4v) is 2.01. The molecule has 5 nitrogen and oxygen atoms in total. The minimum absolute atomic E-state index is 0.131. The molecule has 1 aromatic carbocycles. The van der Waals surface area contributed by atoms with Crippen LogP contribution in [0.5, 0.6) is 5.75 Å². The smallest absolute Gasteiger partial charge is 0.229 e. The molecule has 5 heteroatoms. The number of nitrogens with two attached hydrogens (primary N) is 1. The van der Waals surface area contributed by atoms with Gasteiger partial charge < -0.3 is 19.7 Å². The Labute approximate surface area is 111 Å². The van der Waals surface area contributed by atoms with E-state index in [2.05, 4.69) is 12.1 Å². The number of aromatic nitrogens is 1. The standard InChI is InChI=1S/C14H16N2O3/c1-14(7-17-8-14)9-18-11-4-2-3-10(5-11)12-6-16-19-13(12)15/h2-6H,7-9,15H2,1H3. The van der Waals surface area contributed by atoms with Crippen molar-refractivity contribution < 1.29 is 14.0 Å². The Morgan fingerprint density at radius 1 is 1.42 bits per heavy atom. The van der Waals surface area contributed by atoms with Crippen LogP contribution in [0.25, 0.3) is 11.1 Å². The Kier molecular flexibility index (Phi) is 2.91. The Morgan fingerprint density at radius 3 is 2.89 bits per heavy atom. The molecule has 1 aliphatic rings. The van der Waals surface area contributed by atoms with Gasteiger partial charge in [-0.2, -0.15) is 0 Å². The van der Waals surface area contributed by atoms with E-state index in [4.69, 9.17) is 19.7 Å². The molecule has 1 aromatic heterocycles. The molecule has 0 atom stereocenters. The maximum absolute atomic E-state index is 5.82. The number of nitrogens with zero attached hydrogens (tertiary/aromatic N) is 1. The summed E-state index contributed by atoms with van der Waals surface area (Å²) in [5.41, 5.74) is 7.56. The second kappa shape index (κ2) is 4.59. The van der Waals surface area contributed by atoms with Gasteiger partial charge in [-0.25, -0.2) is 0 Å². The molecule has 0 amide bonds. The van der Waals surface area contributed by atoms with Crippen LogP contribution in [-0.2, 0) is 4.74 Å². The number of rotatable bonds is 4. The quantitative estimate of drug-likeness (QED) is 0.913. The number of nitrogen functional groups attached to an aromatic ring is 1. The second-order valence-corrected chi connectivity index (χ2v) is 5.22. The number of ether oxygens (including phenoxy) is 2. The third-order valence-electron chi connectivity index (χ3n) is 3.23. The van der Waals surface area contributed by atoms with E-state index < -0.39 is 0 Å². The lowest BCUT2D eigenvalue weighted by atomic mass is 9.90. The molecule has 19 heavy (non-hydrogen) atoms. The minimum atomic E-state index is 0.131. The van der Waals surface area contributed by atoms with Crippen molar-refractivity contribution in [3.63, 3.8) is 0 Å². The molecule has 2 heterocycles. The molecule has 1 fully saturated rings. The Morgan fingerprint density at radius 2 is 2.26 bits per heavy atom. The van der Waals surface area contributed by atoms with Crippen molar-refractivity contribution in [2.24, 2.45) is 5.41 Å². The van der Waals surface area contributed by atoms with Gasteiger partial charge in [-0.15, -0.1) is 0 Å². The summed E-state index contributed by atoms with van der Waals surface area (Å²) in [6.45, 7) is 4.31. The van der Waals surface area contributed by atoms with E-state index in [9.17, 15) is 0 Å². The van der Waals surface area contributed by atoms with Crippen LogP contribution in [0.3, 0.4) is 0 Å². The summed E-state index contributed by atoms with van der Waals surface area (Å²) in [6.07, 6.45) is 1.61. The molecule has 0 saturated carbocycles. The molecule has 0 radical (unpaired) electrons. The number of hydrogen-bond acceptors (Lipinski definition) is 5. The van der Waals surface area contributed by atoms with Gasteiger partial charge in [-0.3, -0.25) is 0 Å². The van der Waals surface area contributed by atoms with E-state index in [1.54, 1.807) is 6.20 Å². The van der Waals surface area contributed by atoms with E-state index in [1.807, 2.05) is 24.3 Å². The Hall–Kier alpha value is -2.01. The summed E-state index contributed by atoms with van der Waals surface area (Å²) in [5, 5.41) is 3.68. The van der Waals surface area contributed by atoms with Crippen LogP contribution in [0.1, 0.15) is 6.92 Å². The molecular weight excluding hydrogens is 244 g/mol. The normalized spacial score (nSPS) is 16.9. The van der Waals surface area contributed by atoms with Crippen LogP contribution < -0.4 is 10.5 Å². The SMILES string of the molecule is CC1(COc2cccc(-c3cnoc3N)c2)COC1. The Balaban J connectivity index is 1.75. The third-order valence-corrected chi connectivity index (χ3v) is 3.23. The van der Waals surface area contributed by atoms with E-state index >= 15 is 0 Å². The average molecular weight is 260 g/mol. The fraction of sp³-hybridized carbons (Fsp3) is 0.357. The van der Waals surface area contributed by atoms with Crippen LogP contribution in [0, 0.1) is 5.41 Å². The molecule has 2 aromatic rings. The van der Waals surface area contributed by atoms with Crippen molar-refractivity contribution in [1.82, 2.24) is 5.16 Å². The fourth-order valence-electron chi connectivity index (χ4n) is 2.01. The molecule has 1 saturated heterocycles. The van der Waals surface area contributed by atoms with Crippen molar-refractivity contribution in [1.29, 1.82) is 0 Å². The number of benzene rings is 1. The lowest BCUT2D eigenvalue weighted by Gasteiger charge is -2.37. The van der Waals surface area contributed by atoms with Crippen LogP contribution in [0.4, 0.5) is 5.88 Å². The van der Waals surface area contributed by atoms with Crippen molar-refractivity contribution >= 4 is 5.88 Å². The zero-order valence-electron chi connectivity index (χ0n) is 10.8. The highest BCUT2D eigenvalue weighted by Gasteiger charge is 2.34. The zero-order chi connectivity index (χ0) is 13.3. The molecular formula is C14H16N2O3. The van der Waals surface area contributed by atoms with Gasteiger partial charge in [0.05, 0.1) is 31.6 Å². The molecule has 0 spiro atoms. The van der Waals surface area contributed by atoms with E-state index in [-0.39, 0.29) is 5.41 Å². The first kappa shape index (κ1) is 12.0. The van der Waals surface area contributed by atoms with Crippen LogP contribution >= 0.6 is 0 Å². The van der Waals surface area contributed by atoms with Gasteiger partial charge in [0.2, 0.25) is 5.88 Å². The highest BCUT2D eigenvalue weighted by Crippen LogP contribution is 2.30. The predicted molar refractivity (Wildman–Crippen MR) is 70.8 cm³/mol. The van der Waals surface area contributed by atoms with Crippen molar-refractivity contribution in [3.05, 3.63) is 30.5 Å². The van der Waals surface area contributed by atoms with E-state index in [1.165, 1.54) is 0 Å². The Bertz CT molecular complexity index is 576. The number of anilines is 1. The molecule has 0 unspecified atom stereocenters. The summed E-state index contributed by atoms with van der Waals surface area (Å²) in [6, 6.07) is 7.74. The van der Waals surface area contributed by atoms with Gasteiger partial charge in [-0.05, 0) is 17.7 Å². The summed E-state index contributed by atoms with van der Waals surface area (Å²) in [4.78, 5) is 0. The maximum Gasteiger partial charge on any atom is 0.229 e. The van der Waals surface area contributed by atoms with Crippen molar-refractivity contribution in [2.75, 3.05) is 25.6 Å². The predicted octanol–water partition coefficient (Wildman–Crippen LogP) is 2.34. The van der Waals surface area contributed by atoms with Crippen LogP contribution in [-0.4, -0.2) is 25.0 Å². The van der Waals surface area contributed by atoms with Crippen LogP contribution in [0.15, 0.2) is 35.0 Å². The first-order chi connectivity index (χ1) is 9.16. The maximum atomic E-state index is 5.82. The highest BCUT2D eigenvalue weighted by molar-refractivity contribution is 5.72. The lowest BCUT2D eigenvalue weighted by molar-refractivity contribution is -0.120. The monoisotopic (exact) mass is 260 g/mol. The van der Waals surface area contributed by atoms with Gasteiger partial charge in [-0.1, -0.05) is 24.2 Å². The van der Waals surface area contributed by atoms with Gasteiger partial charge >= 0.3 is 0 Å². The summed E-state index contributed by atoms with van der Waals surface area (Å²) >= 11 is 0. The number of hydrogen-bond donors (Lipinski definition) is 1. The summed E-state index contributed by atoms with van der Waals surface area (Å²) in [5.74, 6) is 1.13. The van der Waals surface area contributed by atoms with E-state index in [0.717, 1.165) is 30.1 Å². The molecule has 3 rings (SSSR count). The van der Waals surface area contributed by atoms with Crippen molar-refractivity contribution in [3.8, 4) is 16.9 Å². The molecule has 0 bridgehead atoms. The first-order valence-corrected chi connectivity index (χ1v) is 6.17. The summed E-state index contributed by atoms with van der Waals surface area (Å²) in [7, 11) is 0. The van der Waals surface area contributed by atoms with Gasteiger partial charge in [0.15, 0.2) is 0 Å². The first-order valence-electron chi connectivity index (χ1n) is 6.17. The molecule has 2 N–H and O–H groups in total.